The summed E-state index contributed by atoms with van der Waals surface area (Å²) >= 11 is 0. The third kappa shape index (κ3) is 3.82. The quantitative estimate of drug-likeness (QED) is 0.615. The molecule has 0 spiro atoms. The molecule has 1 aliphatic rings. The molecule has 0 radical (unpaired) electrons. The summed E-state index contributed by atoms with van der Waals surface area (Å²) in [5, 5.41) is 8.40. The Morgan fingerprint density at radius 3 is 3.00 bits per heavy atom. The zero-order valence-electron chi connectivity index (χ0n) is 16.1. The van der Waals surface area contributed by atoms with Gasteiger partial charge in [0.25, 0.3) is 0 Å². The lowest BCUT2D eigenvalue weighted by Gasteiger charge is -2.16. The Morgan fingerprint density at radius 1 is 1.31 bits per heavy atom. The third-order valence-electron chi connectivity index (χ3n) is 4.89. The summed E-state index contributed by atoms with van der Waals surface area (Å²) in [6.45, 7) is 2.94. The molecule has 0 saturated heterocycles. The summed E-state index contributed by atoms with van der Waals surface area (Å²) < 4.78 is 3.33. The van der Waals surface area contributed by atoms with Gasteiger partial charge in [-0.3, -0.25) is 19.5 Å². The van der Waals surface area contributed by atoms with Gasteiger partial charge in [0.1, 0.15) is 12.1 Å². The van der Waals surface area contributed by atoms with Crippen molar-refractivity contribution in [2.45, 2.75) is 26.4 Å². The topological polar surface area (TPSA) is 111 Å². The van der Waals surface area contributed by atoms with Crippen molar-refractivity contribution in [3.8, 4) is 0 Å². The standard InChI is InChI=1S/C19H20N8O2/c1-13-15(4-3-7-20-13)11-26-12-22-17(24-26)18(28)21-10-14-6-9-27-16(5-8-23-27)25(2)19(14)29/h3-5,7-8,10,12,14H,6,9,11H2,1-2H3. The Kier molecular flexibility index (Phi) is 4.98. The van der Waals surface area contributed by atoms with Crippen LogP contribution in [0.3, 0.4) is 0 Å². The number of pyridine rings is 1. The summed E-state index contributed by atoms with van der Waals surface area (Å²) in [4.78, 5) is 38.8. The Morgan fingerprint density at radius 2 is 2.17 bits per heavy atom. The molecule has 4 rings (SSSR count). The van der Waals surface area contributed by atoms with Gasteiger partial charge in [-0.1, -0.05) is 6.07 Å². The van der Waals surface area contributed by atoms with Crippen LogP contribution >= 0.6 is 0 Å². The van der Waals surface area contributed by atoms with E-state index in [1.165, 1.54) is 17.4 Å². The minimum atomic E-state index is -0.580. The smallest absolute Gasteiger partial charge is 0.300 e. The molecule has 0 saturated carbocycles. The Hall–Kier alpha value is -3.69. The lowest BCUT2D eigenvalue weighted by Crippen LogP contribution is -2.32. The fourth-order valence-electron chi connectivity index (χ4n) is 3.21. The number of anilines is 1. The van der Waals surface area contributed by atoms with Crippen LogP contribution in [0.4, 0.5) is 5.82 Å². The normalized spacial score (nSPS) is 16.8. The fourth-order valence-corrected chi connectivity index (χ4v) is 3.21. The highest BCUT2D eigenvalue weighted by atomic mass is 16.2. The Labute approximate surface area is 166 Å². The van der Waals surface area contributed by atoms with Crippen LogP contribution in [0.1, 0.15) is 28.3 Å². The Balaban J connectivity index is 1.44. The van der Waals surface area contributed by atoms with E-state index in [9.17, 15) is 9.59 Å². The third-order valence-corrected chi connectivity index (χ3v) is 4.89. The van der Waals surface area contributed by atoms with E-state index >= 15 is 0 Å². The number of hydrogen-bond donors (Lipinski definition) is 0. The number of nitrogens with zero attached hydrogens (tertiary/aromatic N) is 8. The van der Waals surface area contributed by atoms with E-state index in [0.29, 0.717) is 19.5 Å². The second-order valence-corrected chi connectivity index (χ2v) is 6.80. The number of fused-ring (bicyclic) bond motifs is 1. The molecule has 29 heavy (non-hydrogen) atoms. The van der Waals surface area contributed by atoms with Crippen LogP contribution in [0.2, 0.25) is 0 Å². The van der Waals surface area contributed by atoms with E-state index in [0.717, 1.165) is 17.1 Å². The minimum Gasteiger partial charge on any atom is -0.300 e. The number of rotatable bonds is 4. The lowest BCUT2D eigenvalue weighted by molar-refractivity contribution is -0.120. The molecule has 0 bridgehead atoms. The van der Waals surface area contributed by atoms with E-state index in [2.05, 4.69) is 25.2 Å². The molecule has 10 nitrogen and oxygen atoms in total. The van der Waals surface area contributed by atoms with Crippen LogP contribution in [0.15, 0.2) is 41.9 Å². The summed E-state index contributed by atoms with van der Waals surface area (Å²) in [6, 6.07) is 5.58. The summed E-state index contributed by atoms with van der Waals surface area (Å²) in [5.41, 5.74) is 1.88. The second kappa shape index (κ2) is 7.74. The predicted molar refractivity (Wildman–Crippen MR) is 105 cm³/mol. The van der Waals surface area contributed by atoms with Crippen LogP contribution in [-0.2, 0) is 17.9 Å². The first-order chi connectivity index (χ1) is 14.0. The van der Waals surface area contributed by atoms with E-state index in [1.54, 1.807) is 34.9 Å². The van der Waals surface area contributed by atoms with Crippen molar-refractivity contribution in [3.63, 3.8) is 0 Å². The number of hydrogen-bond acceptors (Lipinski definition) is 6. The maximum absolute atomic E-state index is 12.6. The van der Waals surface area contributed by atoms with Gasteiger partial charge in [-0.05, 0) is 25.0 Å². The summed E-state index contributed by atoms with van der Waals surface area (Å²) in [7, 11) is 1.69. The van der Waals surface area contributed by atoms with Crippen molar-refractivity contribution in [1.29, 1.82) is 0 Å². The summed E-state index contributed by atoms with van der Waals surface area (Å²) in [5.74, 6) is -0.505. The molecule has 0 aromatic carbocycles. The van der Waals surface area contributed by atoms with Crippen LogP contribution < -0.4 is 4.90 Å². The zero-order chi connectivity index (χ0) is 20.4. The molecular formula is C19H20N8O2. The highest BCUT2D eigenvalue weighted by Crippen LogP contribution is 2.21. The second-order valence-electron chi connectivity index (χ2n) is 6.80. The van der Waals surface area contributed by atoms with Crippen molar-refractivity contribution in [2.24, 2.45) is 10.9 Å². The molecule has 1 unspecified atom stereocenters. The van der Waals surface area contributed by atoms with Gasteiger partial charge in [0, 0.05) is 37.8 Å². The van der Waals surface area contributed by atoms with E-state index < -0.39 is 11.8 Å². The maximum atomic E-state index is 12.6. The van der Waals surface area contributed by atoms with Crippen LogP contribution in [0, 0.1) is 12.8 Å². The number of aryl methyl sites for hydroxylation is 2. The van der Waals surface area contributed by atoms with Gasteiger partial charge in [0.15, 0.2) is 0 Å². The minimum absolute atomic E-state index is 0.00912. The first-order valence-electron chi connectivity index (χ1n) is 9.21. The first-order valence-corrected chi connectivity index (χ1v) is 9.21. The Bertz CT molecular complexity index is 1080. The number of aliphatic imine (C=N–C) groups is 1. The van der Waals surface area contributed by atoms with Gasteiger partial charge in [-0.15, -0.1) is 5.10 Å². The van der Waals surface area contributed by atoms with E-state index in [4.69, 9.17) is 0 Å². The van der Waals surface area contributed by atoms with Crippen molar-refractivity contribution in [1.82, 2.24) is 29.5 Å². The number of carbonyl (C=O) groups is 2. The van der Waals surface area contributed by atoms with Crippen LogP contribution in [0.5, 0.6) is 0 Å². The van der Waals surface area contributed by atoms with Crippen molar-refractivity contribution >= 4 is 23.8 Å². The molecule has 4 heterocycles. The van der Waals surface area contributed by atoms with Crippen molar-refractivity contribution in [3.05, 3.63) is 54.0 Å². The number of amides is 2. The van der Waals surface area contributed by atoms with Gasteiger partial charge >= 0.3 is 5.91 Å². The number of aromatic nitrogens is 6. The maximum Gasteiger partial charge on any atom is 0.316 e. The number of carbonyl (C=O) groups excluding carboxylic acids is 2. The fraction of sp³-hybridized carbons (Fsp3) is 0.316. The van der Waals surface area contributed by atoms with Gasteiger partial charge in [-0.2, -0.15) is 5.10 Å². The molecule has 1 atom stereocenters. The average molecular weight is 392 g/mol. The largest absolute Gasteiger partial charge is 0.316 e. The monoisotopic (exact) mass is 392 g/mol. The molecule has 3 aromatic rings. The molecule has 3 aromatic heterocycles. The van der Waals surface area contributed by atoms with Gasteiger partial charge < -0.3 is 0 Å². The average Bonchev–Trinajstić information content (AvgIpc) is 3.36. The summed E-state index contributed by atoms with van der Waals surface area (Å²) in [6.07, 6.45) is 6.77. The SMILES string of the molecule is Cc1ncccc1Cn1cnc(C(=O)N=CC2CCn3nccc3N(C)C2=O)n1. The van der Waals surface area contributed by atoms with Gasteiger partial charge in [0.2, 0.25) is 11.7 Å². The molecule has 0 fully saturated rings. The molecule has 148 valence electrons. The molecule has 2 amide bonds. The van der Waals surface area contributed by atoms with Crippen molar-refractivity contribution < 1.29 is 9.59 Å². The highest BCUT2D eigenvalue weighted by molar-refractivity contribution is 6.06. The van der Waals surface area contributed by atoms with Crippen LogP contribution in [-0.4, -0.2) is 54.6 Å². The first kappa shape index (κ1) is 18.7. The van der Waals surface area contributed by atoms with Crippen molar-refractivity contribution in [2.75, 3.05) is 11.9 Å². The molecule has 0 N–H and O–H groups in total. The lowest BCUT2D eigenvalue weighted by atomic mass is 10.1. The van der Waals surface area contributed by atoms with Gasteiger partial charge in [-0.25, -0.2) is 19.3 Å². The molecule has 1 aliphatic heterocycles. The molecular weight excluding hydrogens is 372 g/mol. The highest BCUT2D eigenvalue weighted by Gasteiger charge is 2.27. The molecule has 0 aliphatic carbocycles. The van der Waals surface area contributed by atoms with Gasteiger partial charge in [0.05, 0.1) is 18.7 Å². The zero-order valence-corrected chi connectivity index (χ0v) is 16.1. The van der Waals surface area contributed by atoms with Crippen LogP contribution in [0.25, 0.3) is 0 Å². The predicted octanol–water partition coefficient (Wildman–Crippen LogP) is 1.12. The van der Waals surface area contributed by atoms with E-state index in [1.807, 2.05) is 19.1 Å². The van der Waals surface area contributed by atoms with E-state index in [-0.39, 0.29) is 11.7 Å². The molecule has 10 heteroatoms.